The normalized spacial score (nSPS) is 11.4. The van der Waals surface area contributed by atoms with Gasteiger partial charge in [0.05, 0.1) is 19.3 Å². The number of hydrogen-bond acceptors (Lipinski definition) is 5. The van der Waals surface area contributed by atoms with Crippen LogP contribution in [0.4, 0.5) is 5.95 Å². The summed E-state index contributed by atoms with van der Waals surface area (Å²) in [6.45, 7) is 0.551. The van der Waals surface area contributed by atoms with E-state index in [1.54, 1.807) is 17.8 Å². The van der Waals surface area contributed by atoms with Crippen LogP contribution in [0.2, 0.25) is 0 Å². The molecule has 2 aromatic heterocycles. The molecule has 2 heterocycles. The molecule has 0 aliphatic carbocycles. The number of rotatable bonds is 7. The largest absolute Gasteiger partial charge is 0.332 e. The average molecular weight is 543 g/mol. The number of imidazole rings is 1. The first-order chi connectivity index (χ1) is 17.5. The molecule has 180 valence electrons. The quantitative estimate of drug-likeness (QED) is 0.246. The number of fused-ring (bicyclic) bond motifs is 1. The van der Waals surface area contributed by atoms with Gasteiger partial charge in [-0.05, 0) is 28.8 Å². The first-order valence-corrected chi connectivity index (χ1v) is 12.1. The van der Waals surface area contributed by atoms with Crippen molar-refractivity contribution in [1.29, 1.82) is 0 Å². The molecule has 36 heavy (non-hydrogen) atoms. The van der Waals surface area contributed by atoms with Crippen molar-refractivity contribution < 1.29 is 0 Å². The van der Waals surface area contributed by atoms with Crippen LogP contribution in [0.15, 0.2) is 104 Å². The second-order valence-corrected chi connectivity index (χ2v) is 9.24. The predicted octanol–water partition coefficient (Wildman–Crippen LogP) is 4.20. The van der Waals surface area contributed by atoms with E-state index < -0.39 is 11.2 Å². The summed E-state index contributed by atoms with van der Waals surface area (Å²) in [7, 11) is 1.63. The molecule has 8 nitrogen and oxygen atoms in total. The molecule has 0 saturated carbocycles. The number of aryl methyl sites for hydroxylation is 1. The van der Waals surface area contributed by atoms with Crippen LogP contribution >= 0.6 is 15.9 Å². The van der Waals surface area contributed by atoms with E-state index in [-0.39, 0.29) is 6.54 Å². The SMILES string of the molecule is Cn1c(=O)n(Cc2ccccc2)c(=O)c2c1nc(NN=Cc1ccc(Br)cc1)n2Cc1ccccc1. The molecule has 0 aliphatic rings. The Labute approximate surface area is 215 Å². The zero-order valence-electron chi connectivity index (χ0n) is 19.5. The van der Waals surface area contributed by atoms with E-state index in [9.17, 15) is 9.59 Å². The van der Waals surface area contributed by atoms with E-state index in [4.69, 9.17) is 0 Å². The van der Waals surface area contributed by atoms with Crippen molar-refractivity contribution in [1.82, 2.24) is 18.7 Å². The maximum Gasteiger partial charge on any atom is 0.332 e. The third-order valence-corrected chi connectivity index (χ3v) is 6.38. The van der Waals surface area contributed by atoms with Crippen LogP contribution < -0.4 is 16.7 Å². The van der Waals surface area contributed by atoms with Crippen molar-refractivity contribution >= 4 is 39.3 Å². The number of hydrazone groups is 1. The zero-order valence-corrected chi connectivity index (χ0v) is 21.1. The zero-order chi connectivity index (χ0) is 25.1. The molecule has 5 rings (SSSR count). The van der Waals surface area contributed by atoms with Crippen molar-refractivity contribution in [2.45, 2.75) is 13.1 Å². The maximum absolute atomic E-state index is 13.7. The molecule has 9 heteroatoms. The van der Waals surface area contributed by atoms with Gasteiger partial charge in [0.15, 0.2) is 11.2 Å². The molecule has 1 N–H and O–H groups in total. The fourth-order valence-electron chi connectivity index (χ4n) is 4.00. The number of nitrogens with zero attached hydrogens (tertiary/aromatic N) is 5. The molecule has 5 aromatic rings. The minimum atomic E-state index is -0.425. The maximum atomic E-state index is 13.7. The summed E-state index contributed by atoms with van der Waals surface area (Å²) in [6.07, 6.45) is 1.67. The van der Waals surface area contributed by atoms with Crippen molar-refractivity contribution in [2.75, 3.05) is 5.43 Å². The highest BCUT2D eigenvalue weighted by Crippen LogP contribution is 2.18. The van der Waals surface area contributed by atoms with Crippen molar-refractivity contribution in [3.05, 3.63) is 127 Å². The summed E-state index contributed by atoms with van der Waals surface area (Å²) in [5.41, 5.74) is 5.53. The first kappa shape index (κ1) is 23.5. The van der Waals surface area contributed by atoms with Gasteiger partial charge >= 0.3 is 5.69 Å². The highest BCUT2D eigenvalue weighted by Gasteiger charge is 2.20. The van der Waals surface area contributed by atoms with Crippen LogP contribution in [-0.2, 0) is 20.1 Å². The van der Waals surface area contributed by atoms with Gasteiger partial charge in [0.25, 0.3) is 5.56 Å². The lowest BCUT2D eigenvalue weighted by Crippen LogP contribution is -2.40. The third-order valence-electron chi connectivity index (χ3n) is 5.85. The average Bonchev–Trinajstić information content (AvgIpc) is 3.26. The molecule has 0 unspecified atom stereocenters. The van der Waals surface area contributed by atoms with Crippen LogP contribution in [0.5, 0.6) is 0 Å². The summed E-state index contributed by atoms with van der Waals surface area (Å²) in [5.74, 6) is 0.367. The van der Waals surface area contributed by atoms with Crippen LogP contribution in [-0.4, -0.2) is 24.9 Å². The van der Waals surface area contributed by atoms with E-state index in [0.717, 1.165) is 21.2 Å². The Morgan fingerprint density at radius 1 is 0.861 bits per heavy atom. The van der Waals surface area contributed by atoms with Crippen LogP contribution in [0, 0.1) is 0 Å². The Morgan fingerprint density at radius 2 is 1.44 bits per heavy atom. The van der Waals surface area contributed by atoms with Gasteiger partial charge in [-0.15, -0.1) is 0 Å². The Bertz CT molecular complexity index is 1650. The van der Waals surface area contributed by atoms with Gasteiger partial charge in [0, 0.05) is 11.5 Å². The Kier molecular flexibility index (Phi) is 6.64. The molecule has 0 fully saturated rings. The number of benzene rings is 3. The third kappa shape index (κ3) is 4.78. The minimum Gasteiger partial charge on any atom is -0.298 e. The lowest BCUT2D eigenvalue weighted by Gasteiger charge is -2.11. The van der Waals surface area contributed by atoms with E-state index in [1.165, 1.54) is 9.13 Å². The summed E-state index contributed by atoms with van der Waals surface area (Å²) in [5, 5.41) is 4.34. The van der Waals surface area contributed by atoms with E-state index in [0.29, 0.717) is 23.7 Å². The molecule has 0 spiro atoms. The fourth-order valence-corrected chi connectivity index (χ4v) is 4.26. The van der Waals surface area contributed by atoms with Gasteiger partial charge in [0.1, 0.15) is 0 Å². The van der Waals surface area contributed by atoms with E-state index in [2.05, 4.69) is 31.4 Å². The van der Waals surface area contributed by atoms with Gasteiger partial charge in [-0.1, -0.05) is 88.7 Å². The molecular formula is C27H23BrN6O2. The van der Waals surface area contributed by atoms with Crippen LogP contribution in [0.1, 0.15) is 16.7 Å². The van der Waals surface area contributed by atoms with Crippen molar-refractivity contribution in [2.24, 2.45) is 12.1 Å². The molecule has 0 aliphatic heterocycles. The topological polar surface area (TPSA) is 86.2 Å². The smallest absolute Gasteiger partial charge is 0.298 e. The van der Waals surface area contributed by atoms with Crippen LogP contribution in [0.3, 0.4) is 0 Å². The Morgan fingerprint density at radius 3 is 2.06 bits per heavy atom. The Balaban J connectivity index is 1.62. The monoisotopic (exact) mass is 542 g/mol. The molecule has 0 bridgehead atoms. The standard InChI is InChI=1S/C27H23BrN6O2/c1-32-24-23(25(35)34(27(32)36)18-21-10-6-3-7-11-21)33(17-20-8-4-2-5-9-20)26(30-24)31-29-16-19-12-14-22(28)15-13-19/h2-16H,17-18H2,1H3,(H,30,31). The molecular weight excluding hydrogens is 520 g/mol. The van der Waals surface area contributed by atoms with Gasteiger partial charge in [0.2, 0.25) is 5.95 Å². The number of halogens is 1. The van der Waals surface area contributed by atoms with Gasteiger partial charge < -0.3 is 0 Å². The van der Waals surface area contributed by atoms with Crippen molar-refractivity contribution in [3.8, 4) is 0 Å². The van der Waals surface area contributed by atoms with Gasteiger partial charge in [-0.25, -0.2) is 10.2 Å². The molecule has 0 radical (unpaired) electrons. The number of hydrogen-bond donors (Lipinski definition) is 1. The highest BCUT2D eigenvalue weighted by molar-refractivity contribution is 9.10. The molecule has 3 aromatic carbocycles. The van der Waals surface area contributed by atoms with E-state index >= 15 is 0 Å². The second kappa shape index (κ2) is 10.2. The first-order valence-electron chi connectivity index (χ1n) is 11.3. The minimum absolute atomic E-state index is 0.170. The summed E-state index contributed by atoms with van der Waals surface area (Å²) < 4.78 is 5.40. The number of aromatic nitrogens is 4. The highest BCUT2D eigenvalue weighted by atomic mass is 79.9. The van der Waals surface area contributed by atoms with Crippen molar-refractivity contribution in [3.63, 3.8) is 0 Å². The lowest BCUT2D eigenvalue weighted by atomic mass is 10.2. The summed E-state index contributed by atoms with van der Waals surface area (Å²) in [4.78, 5) is 31.4. The van der Waals surface area contributed by atoms with E-state index in [1.807, 2.05) is 84.9 Å². The van der Waals surface area contributed by atoms with Gasteiger partial charge in [-0.2, -0.15) is 10.1 Å². The summed E-state index contributed by atoms with van der Waals surface area (Å²) in [6, 6.07) is 26.9. The fraction of sp³-hybridized carbons (Fsp3) is 0.111. The lowest BCUT2D eigenvalue weighted by molar-refractivity contribution is 0.653. The molecule has 0 amide bonds. The molecule has 0 atom stereocenters. The molecule has 0 saturated heterocycles. The second-order valence-electron chi connectivity index (χ2n) is 8.32. The predicted molar refractivity (Wildman–Crippen MR) is 146 cm³/mol. The Hall–Kier alpha value is -4.24. The van der Waals surface area contributed by atoms with Crippen LogP contribution in [0.25, 0.3) is 11.2 Å². The summed E-state index contributed by atoms with van der Waals surface area (Å²) >= 11 is 3.42. The number of anilines is 1. The van der Waals surface area contributed by atoms with Gasteiger partial charge in [-0.3, -0.25) is 18.5 Å². The number of nitrogens with one attached hydrogen (secondary N) is 1.